The molecular formula is C13H13N5O3. The molecule has 0 radical (unpaired) electrons. The van der Waals surface area contributed by atoms with E-state index in [1.54, 1.807) is 26.8 Å². The van der Waals surface area contributed by atoms with Crippen molar-refractivity contribution in [3.05, 3.63) is 39.0 Å². The lowest BCUT2D eigenvalue weighted by molar-refractivity contribution is -0.117. The molecule has 0 saturated heterocycles. The number of hydrogen-bond donors (Lipinski definition) is 1. The smallest absolute Gasteiger partial charge is 0.285 e. The van der Waals surface area contributed by atoms with Crippen LogP contribution in [0.5, 0.6) is 0 Å². The molecule has 0 bridgehead atoms. The quantitative estimate of drug-likeness (QED) is 0.887. The third kappa shape index (κ3) is 2.97. The Morgan fingerprint density at radius 3 is 2.76 bits per heavy atom. The first-order chi connectivity index (χ1) is 9.92. The van der Waals surface area contributed by atoms with Crippen molar-refractivity contribution in [2.45, 2.75) is 27.3 Å². The predicted molar refractivity (Wildman–Crippen MR) is 72.6 cm³/mol. The fourth-order valence-corrected chi connectivity index (χ4v) is 1.75. The topological polar surface area (TPSA) is 114 Å². The Balaban J connectivity index is 2.24. The molecule has 1 amide bonds. The molecule has 0 aromatic carbocycles. The highest BCUT2D eigenvalue weighted by molar-refractivity contribution is 5.89. The summed E-state index contributed by atoms with van der Waals surface area (Å²) in [6.45, 7) is 4.70. The van der Waals surface area contributed by atoms with E-state index in [0.717, 1.165) is 4.68 Å². The van der Waals surface area contributed by atoms with Gasteiger partial charge in [-0.3, -0.25) is 9.59 Å². The van der Waals surface area contributed by atoms with E-state index in [-0.39, 0.29) is 17.9 Å². The van der Waals surface area contributed by atoms with E-state index < -0.39 is 11.5 Å². The first-order valence-corrected chi connectivity index (χ1v) is 6.14. The predicted octanol–water partition coefficient (Wildman–Crippen LogP) is 0.667. The number of carbonyl (C=O) groups excluding carboxylic acids is 1. The summed E-state index contributed by atoms with van der Waals surface area (Å²) in [7, 11) is 0. The van der Waals surface area contributed by atoms with Crippen LogP contribution < -0.4 is 10.9 Å². The maximum Gasteiger partial charge on any atom is 0.285 e. The van der Waals surface area contributed by atoms with Crippen molar-refractivity contribution < 1.29 is 9.32 Å². The summed E-state index contributed by atoms with van der Waals surface area (Å²) in [5.74, 6) is 0.332. The zero-order valence-electron chi connectivity index (χ0n) is 11.8. The van der Waals surface area contributed by atoms with Gasteiger partial charge in [0.05, 0.1) is 5.69 Å². The normalized spacial score (nSPS) is 10.2. The van der Waals surface area contributed by atoms with Crippen molar-refractivity contribution in [2.75, 3.05) is 5.32 Å². The van der Waals surface area contributed by atoms with E-state index in [0.29, 0.717) is 17.0 Å². The average molecular weight is 287 g/mol. The molecule has 2 heterocycles. The van der Waals surface area contributed by atoms with E-state index in [9.17, 15) is 9.59 Å². The first kappa shape index (κ1) is 14.5. The number of carbonyl (C=O) groups is 1. The molecule has 2 rings (SSSR count). The van der Waals surface area contributed by atoms with Crippen LogP contribution in [0.1, 0.15) is 22.6 Å². The molecule has 0 unspecified atom stereocenters. The van der Waals surface area contributed by atoms with Crippen molar-refractivity contribution in [3.63, 3.8) is 0 Å². The van der Waals surface area contributed by atoms with Crippen LogP contribution in [0.25, 0.3) is 0 Å². The van der Waals surface area contributed by atoms with Gasteiger partial charge in [0.15, 0.2) is 5.82 Å². The third-order valence-electron chi connectivity index (χ3n) is 2.94. The van der Waals surface area contributed by atoms with Gasteiger partial charge in [-0.05, 0) is 26.3 Å². The maximum atomic E-state index is 12.0. The molecule has 21 heavy (non-hydrogen) atoms. The standard InChI is InChI=1S/C13H13N5O3/c1-7-4-11(17-21-7)15-12(19)6-18-13(20)10(5-14)8(2)9(3)16-18/h4H,6H2,1-3H3,(H,15,17,19). The molecule has 108 valence electrons. The second kappa shape index (κ2) is 5.58. The van der Waals surface area contributed by atoms with Gasteiger partial charge >= 0.3 is 0 Å². The van der Waals surface area contributed by atoms with Crippen LogP contribution in [0.2, 0.25) is 0 Å². The van der Waals surface area contributed by atoms with Crippen LogP contribution in [-0.2, 0) is 11.3 Å². The van der Waals surface area contributed by atoms with E-state index in [1.807, 2.05) is 6.07 Å². The Kier molecular flexibility index (Phi) is 3.84. The maximum absolute atomic E-state index is 12.0. The molecule has 0 aliphatic heterocycles. The van der Waals surface area contributed by atoms with Crippen LogP contribution in [0, 0.1) is 32.1 Å². The Hall–Kier alpha value is -2.95. The number of rotatable bonds is 3. The monoisotopic (exact) mass is 287 g/mol. The Morgan fingerprint density at radius 2 is 2.19 bits per heavy atom. The van der Waals surface area contributed by atoms with Gasteiger partial charge < -0.3 is 9.84 Å². The van der Waals surface area contributed by atoms with E-state index in [2.05, 4.69) is 15.6 Å². The zero-order chi connectivity index (χ0) is 15.6. The van der Waals surface area contributed by atoms with Crippen LogP contribution in [0.15, 0.2) is 15.4 Å². The molecule has 0 spiro atoms. The van der Waals surface area contributed by atoms with E-state index in [4.69, 9.17) is 9.78 Å². The van der Waals surface area contributed by atoms with Crippen molar-refractivity contribution in [1.29, 1.82) is 5.26 Å². The first-order valence-electron chi connectivity index (χ1n) is 6.14. The second-order valence-corrected chi connectivity index (χ2v) is 4.53. The van der Waals surface area contributed by atoms with E-state index in [1.165, 1.54) is 0 Å². The summed E-state index contributed by atoms with van der Waals surface area (Å²) in [4.78, 5) is 23.9. The van der Waals surface area contributed by atoms with Gasteiger partial charge in [0.1, 0.15) is 23.9 Å². The molecule has 0 aliphatic carbocycles. The summed E-state index contributed by atoms with van der Waals surface area (Å²) < 4.78 is 5.78. The van der Waals surface area contributed by atoms with Crippen LogP contribution in [0.4, 0.5) is 5.82 Å². The summed E-state index contributed by atoms with van der Waals surface area (Å²) in [6.07, 6.45) is 0. The highest BCUT2D eigenvalue weighted by Gasteiger charge is 2.14. The van der Waals surface area contributed by atoms with Gasteiger partial charge in [0.2, 0.25) is 5.91 Å². The minimum atomic E-state index is -0.591. The van der Waals surface area contributed by atoms with Crippen LogP contribution in [-0.4, -0.2) is 20.8 Å². The number of aromatic nitrogens is 3. The Bertz CT molecular complexity index is 797. The minimum absolute atomic E-state index is 0.00687. The molecule has 1 N–H and O–H groups in total. The number of amides is 1. The molecule has 2 aromatic rings. The van der Waals surface area contributed by atoms with Crippen LogP contribution >= 0.6 is 0 Å². The molecule has 2 aromatic heterocycles. The van der Waals surface area contributed by atoms with Gasteiger partial charge in [-0.25, -0.2) is 4.68 Å². The summed E-state index contributed by atoms with van der Waals surface area (Å²) in [5.41, 5.74) is 0.446. The average Bonchev–Trinajstić information content (AvgIpc) is 2.82. The molecule has 0 fully saturated rings. The largest absolute Gasteiger partial charge is 0.360 e. The summed E-state index contributed by atoms with van der Waals surface area (Å²) in [5, 5.41) is 19.1. The highest BCUT2D eigenvalue weighted by atomic mass is 16.5. The lowest BCUT2D eigenvalue weighted by Gasteiger charge is -2.08. The van der Waals surface area contributed by atoms with Gasteiger partial charge in [0.25, 0.3) is 5.56 Å². The fourth-order valence-electron chi connectivity index (χ4n) is 1.75. The molecule has 0 saturated carbocycles. The second-order valence-electron chi connectivity index (χ2n) is 4.53. The summed E-state index contributed by atoms with van der Waals surface area (Å²) >= 11 is 0. The van der Waals surface area contributed by atoms with Gasteiger partial charge in [-0.1, -0.05) is 5.16 Å². The van der Waals surface area contributed by atoms with Crippen LogP contribution in [0.3, 0.4) is 0 Å². The number of anilines is 1. The number of nitrogens with zero attached hydrogens (tertiary/aromatic N) is 4. The Morgan fingerprint density at radius 1 is 1.48 bits per heavy atom. The summed E-state index contributed by atoms with van der Waals surface area (Å²) in [6, 6.07) is 3.39. The SMILES string of the molecule is Cc1cc(NC(=O)Cn2nc(C)c(C)c(C#N)c2=O)no1. The van der Waals surface area contributed by atoms with Crippen molar-refractivity contribution in [1.82, 2.24) is 14.9 Å². The van der Waals surface area contributed by atoms with Gasteiger partial charge in [-0.15, -0.1) is 0 Å². The molecular weight excluding hydrogens is 274 g/mol. The number of hydrogen-bond acceptors (Lipinski definition) is 6. The van der Waals surface area contributed by atoms with E-state index >= 15 is 0 Å². The Labute approximate surface area is 120 Å². The third-order valence-corrected chi connectivity index (χ3v) is 2.94. The number of nitriles is 1. The molecule has 0 aliphatic rings. The molecule has 8 heteroatoms. The minimum Gasteiger partial charge on any atom is -0.360 e. The van der Waals surface area contributed by atoms with Gasteiger partial charge in [0, 0.05) is 6.07 Å². The molecule has 8 nitrogen and oxygen atoms in total. The number of aryl methyl sites for hydroxylation is 2. The van der Waals surface area contributed by atoms with Gasteiger partial charge in [-0.2, -0.15) is 10.4 Å². The highest BCUT2D eigenvalue weighted by Crippen LogP contribution is 2.07. The lowest BCUT2D eigenvalue weighted by atomic mass is 10.1. The number of nitrogens with one attached hydrogen (secondary N) is 1. The lowest BCUT2D eigenvalue weighted by Crippen LogP contribution is -2.32. The molecule has 0 atom stereocenters. The van der Waals surface area contributed by atoms with Crippen molar-refractivity contribution in [2.24, 2.45) is 0 Å². The van der Waals surface area contributed by atoms with Crippen molar-refractivity contribution >= 4 is 11.7 Å². The fraction of sp³-hybridized carbons (Fsp3) is 0.308. The van der Waals surface area contributed by atoms with Crippen molar-refractivity contribution in [3.8, 4) is 6.07 Å². The zero-order valence-corrected chi connectivity index (χ0v) is 11.8.